The minimum Gasteiger partial charge on any atom is -0.202 e. The summed E-state index contributed by atoms with van der Waals surface area (Å²) in [6.07, 6.45) is 0. The van der Waals surface area contributed by atoms with Gasteiger partial charge in [-0.1, -0.05) is 0 Å². The molecule has 8 heteroatoms. The summed E-state index contributed by atoms with van der Waals surface area (Å²) in [5.41, 5.74) is -0.383. The van der Waals surface area contributed by atoms with Gasteiger partial charge in [0.05, 0.1) is 7.57 Å². The lowest BCUT2D eigenvalue weighted by molar-refractivity contribution is 0.0179. The van der Waals surface area contributed by atoms with Gasteiger partial charge >= 0.3 is 0 Å². The lowest BCUT2D eigenvalue weighted by atomic mass is 9.96. The van der Waals surface area contributed by atoms with Crippen molar-refractivity contribution in [2.75, 3.05) is 0 Å². The lowest BCUT2D eigenvalue weighted by Gasteiger charge is -2.19. The Balaban J connectivity index is 2.65. The van der Waals surface area contributed by atoms with Gasteiger partial charge in [-0.3, -0.25) is 0 Å². The fourth-order valence-electron chi connectivity index (χ4n) is 2.58. The van der Waals surface area contributed by atoms with Gasteiger partial charge in [0.2, 0.25) is 0 Å². The van der Waals surface area contributed by atoms with Gasteiger partial charge in [-0.2, -0.15) is 0 Å². The molecule has 1 aromatic carbocycles. The zero-order chi connectivity index (χ0) is 16.4. The molecule has 3 rings (SSSR count). The molecule has 0 saturated carbocycles. The maximum atomic E-state index is 14.2. The maximum absolute atomic E-state index is 14.2. The van der Waals surface area contributed by atoms with Crippen LogP contribution in [0.3, 0.4) is 0 Å². The van der Waals surface area contributed by atoms with Gasteiger partial charge < -0.3 is 0 Å². The van der Waals surface area contributed by atoms with Gasteiger partial charge in [-0.05, 0) is 44.0 Å². The van der Waals surface area contributed by atoms with Crippen LogP contribution in [0, 0.1) is 0 Å². The van der Waals surface area contributed by atoms with E-state index in [9.17, 15) is 17.6 Å². The Labute approximate surface area is 148 Å². The zero-order valence-corrected chi connectivity index (χ0v) is 16.0. The van der Waals surface area contributed by atoms with Crippen LogP contribution < -0.4 is 0 Å². The Hall–Kier alpha value is -0.180. The Morgan fingerprint density at radius 2 is 1.09 bits per heavy atom. The Morgan fingerprint density at radius 3 is 1.36 bits per heavy atom. The van der Waals surface area contributed by atoms with E-state index in [1.165, 1.54) is 12.1 Å². The SMILES string of the molecule is CC(F)(F)c1c2cc(Br)sc2c(C(C)(F)F)c2cc(Br)sc12. The van der Waals surface area contributed by atoms with Crippen LogP contribution in [0.5, 0.6) is 0 Å². The molecule has 0 atom stereocenters. The van der Waals surface area contributed by atoms with Crippen LogP contribution in [0.2, 0.25) is 0 Å². The third kappa shape index (κ3) is 2.61. The number of benzene rings is 1. The molecule has 0 fully saturated rings. The largest absolute Gasteiger partial charge is 0.272 e. The highest BCUT2D eigenvalue weighted by Crippen LogP contribution is 2.51. The van der Waals surface area contributed by atoms with Crippen LogP contribution in [-0.4, -0.2) is 0 Å². The van der Waals surface area contributed by atoms with E-state index in [1.807, 2.05) is 0 Å². The minimum atomic E-state index is -3.12. The molecule has 2 heterocycles. The van der Waals surface area contributed by atoms with Crippen LogP contribution in [0.25, 0.3) is 20.2 Å². The fraction of sp³-hybridized carbons (Fsp3) is 0.286. The molecular weight excluding hydrogens is 468 g/mol. The predicted octanol–water partition coefficient (Wildman–Crippen LogP) is 7.86. The van der Waals surface area contributed by atoms with Crippen molar-refractivity contribution in [1.29, 1.82) is 0 Å². The molecule has 0 aliphatic rings. The van der Waals surface area contributed by atoms with E-state index in [-0.39, 0.29) is 31.3 Å². The molecule has 0 amide bonds. The molecule has 0 saturated heterocycles. The molecule has 0 radical (unpaired) electrons. The average Bonchev–Trinajstić information content (AvgIpc) is 2.82. The third-order valence-electron chi connectivity index (χ3n) is 3.27. The summed E-state index contributed by atoms with van der Waals surface area (Å²) in [7, 11) is 0. The summed E-state index contributed by atoms with van der Waals surface area (Å²) < 4.78 is 58.1. The van der Waals surface area contributed by atoms with Crippen molar-refractivity contribution in [1.82, 2.24) is 0 Å². The Bertz CT molecular complexity index is 758. The highest BCUT2D eigenvalue weighted by Gasteiger charge is 2.37. The van der Waals surface area contributed by atoms with Crippen molar-refractivity contribution < 1.29 is 17.6 Å². The first-order chi connectivity index (χ1) is 10.00. The van der Waals surface area contributed by atoms with E-state index in [4.69, 9.17) is 0 Å². The van der Waals surface area contributed by atoms with Crippen LogP contribution in [0.1, 0.15) is 25.0 Å². The normalized spacial score (nSPS) is 13.5. The number of thiophene rings is 2. The van der Waals surface area contributed by atoms with Crippen molar-refractivity contribution in [3.8, 4) is 0 Å². The average molecular weight is 476 g/mol. The Morgan fingerprint density at radius 1 is 0.773 bits per heavy atom. The van der Waals surface area contributed by atoms with Crippen LogP contribution >= 0.6 is 54.5 Å². The second-order valence-electron chi connectivity index (χ2n) is 5.11. The molecule has 0 bridgehead atoms. The number of hydrogen-bond acceptors (Lipinski definition) is 2. The van der Waals surface area contributed by atoms with Crippen molar-refractivity contribution in [3.05, 3.63) is 30.8 Å². The van der Waals surface area contributed by atoms with Crippen molar-refractivity contribution in [3.63, 3.8) is 0 Å². The topological polar surface area (TPSA) is 0 Å². The molecule has 0 aliphatic carbocycles. The molecule has 118 valence electrons. The van der Waals surface area contributed by atoms with Crippen LogP contribution in [0.15, 0.2) is 19.7 Å². The fourth-order valence-corrected chi connectivity index (χ4v) is 6.08. The summed E-state index contributed by atoms with van der Waals surface area (Å²) in [5, 5.41) is 0.366. The molecule has 3 aromatic rings. The highest BCUT2D eigenvalue weighted by molar-refractivity contribution is 9.11. The van der Waals surface area contributed by atoms with Crippen LogP contribution in [0.4, 0.5) is 17.6 Å². The standard InChI is InChI=1S/C14H8Br2F4S2/c1-13(17,18)9-5-3-7(15)22-12(5)10(14(2,19)20)6-4-8(16)21-11(6)9/h3-4H,1-2H3. The molecule has 0 unspecified atom stereocenters. The second-order valence-corrected chi connectivity index (χ2v) is 9.98. The third-order valence-corrected chi connectivity index (χ3v) is 6.59. The second kappa shape index (κ2) is 5.16. The molecule has 22 heavy (non-hydrogen) atoms. The quantitative estimate of drug-likeness (QED) is 0.331. The van der Waals surface area contributed by atoms with E-state index in [1.54, 1.807) is 0 Å². The highest BCUT2D eigenvalue weighted by atomic mass is 79.9. The van der Waals surface area contributed by atoms with Crippen molar-refractivity contribution in [2.24, 2.45) is 0 Å². The summed E-state index contributed by atoms with van der Waals surface area (Å²) in [5.74, 6) is -6.24. The van der Waals surface area contributed by atoms with Gasteiger partial charge in [-0.25, -0.2) is 17.6 Å². The molecular formula is C14H8Br2F4S2. The summed E-state index contributed by atoms with van der Waals surface area (Å²) in [4.78, 5) is 0. The van der Waals surface area contributed by atoms with Gasteiger partial charge in [0.1, 0.15) is 0 Å². The first-order valence-electron chi connectivity index (χ1n) is 6.11. The van der Waals surface area contributed by atoms with E-state index in [2.05, 4.69) is 31.9 Å². The van der Waals surface area contributed by atoms with Gasteiger partial charge in [-0.15, -0.1) is 22.7 Å². The van der Waals surface area contributed by atoms with E-state index in [0.29, 0.717) is 7.57 Å². The zero-order valence-electron chi connectivity index (χ0n) is 11.2. The first-order valence-corrected chi connectivity index (χ1v) is 9.32. The molecule has 0 aliphatic heterocycles. The van der Waals surface area contributed by atoms with Crippen molar-refractivity contribution in [2.45, 2.75) is 25.7 Å². The van der Waals surface area contributed by atoms with Gasteiger partial charge in [0.25, 0.3) is 11.8 Å². The smallest absolute Gasteiger partial charge is 0.202 e. The van der Waals surface area contributed by atoms with Gasteiger partial charge in [0, 0.05) is 45.1 Å². The monoisotopic (exact) mass is 474 g/mol. The van der Waals surface area contributed by atoms with E-state index >= 15 is 0 Å². The Kier molecular flexibility index (Phi) is 3.91. The lowest BCUT2D eigenvalue weighted by Crippen LogP contribution is -2.12. The van der Waals surface area contributed by atoms with Gasteiger partial charge in [0.15, 0.2) is 0 Å². The maximum Gasteiger partial charge on any atom is 0.272 e. The predicted molar refractivity (Wildman–Crippen MR) is 91.7 cm³/mol. The first kappa shape index (κ1) is 16.7. The van der Waals surface area contributed by atoms with E-state index < -0.39 is 11.8 Å². The summed E-state index contributed by atoms with van der Waals surface area (Å²) in [6.45, 7) is 1.59. The van der Waals surface area contributed by atoms with E-state index in [0.717, 1.165) is 36.5 Å². The number of halogens is 6. The summed E-state index contributed by atoms with van der Waals surface area (Å²) in [6, 6.07) is 2.99. The molecule has 0 nitrogen and oxygen atoms in total. The minimum absolute atomic E-state index is 0.183. The number of hydrogen-bond donors (Lipinski definition) is 0. The molecule has 0 spiro atoms. The number of rotatable bonds is 2. The number of fused-ring (bicyclic) bond motifs is 2. The van der Waals surface area contributed by atoms with Crippen molar-refractivity contribution >= 4 is 74.7 Å². The number of alkyl halides is 4. The summed E-state index contributed by atoms with van der Waals surface area (Å²) >= 11 is 8.55. The molecule has 2 aromatic heterocycles. The molecule has 0 N–H and O–H groups in total. The van der Waals surface area contributed by atoms with Crippen LogP contribution in [-0.2, 0) is 11.8 Å².